The molecule has 2 aromatic carbocycles. The van der Waals surface area contributed by atoms with E-state index in [1.54, 1.807) is 0 Å². The van der Waals surface area contributed by atoms with Crippen molar-refractivity contribution in [3.63, 3.8) is 0 Å². The van der Waals surface area contributed by atoms with Crippen LogP contribution in [0.4, 0.5) is 4.79 Å². The van der Waals surface area contributed by atoms with E-state index in [0.717, 1.165) is 22.0 Å². The van der Waals surface area contributed by atoms with Crippen LogP contribution in [0.5, 0.6) is 0 Å². The minimum atomic E-state index is -1.35. The molecule has 1 atom stereocenters. The molecule has 6 nitrogen and oxygen atoms in total. The highest BCUT2D eigenvalue weighted by Crippen LogP contribution is 2.49. The summed E-state index contributed by atoms with van der Waals surface area (Å²) in [5, 5.41) is 1.06. The summed E-state index contributed by atoms with van der Waals surface area (Å²) in [6.07, 6.45) is 0.0714. The molecule has 1 aliphatic rings. The van der Waals surface area contributed by atoms with Gasteiger partial charge in [0.15, 0.2) is 5.54 Å². The van der Waals surface area contributed by atoms with Gasteiger partial charge in [0.25, 0.3) is 0 Å². The second kappa shape index (κ2) is 7.20. The average molecular weight is 405 g/mol. The third-order valence-corrected chi connectivity index (χ3v) is 6.03. The molecular weight excluding hydrogens is 378 g/mol. The van der Waals surface area contributed by atoms with Gasteiger partial charge in [0.1, 0.15) is 6.61 Å². The zero-order chi connectivity index (χ0) is 21.5. The van der Waals surface area contributed by atoms with Crippen molar-refractivity contribution in [2.24, 2.45) is 11.1 Å². The summed E-state index contributed by atoms with van der Waals surface area (Å²) in [4.78, 5) is 31.3. The Labute approximate surface area is 176 Å². The molecule has 0 aliphatic carbocycles. The number of rotatable bonds is 3. The van der Waals surface area contributed by atoms with E-state index in [9.17, 15) is 9.59 Å². The smallest absolute Gasteiger partial charge is 0.411 e. The molecule has 3 aromatic rings. The third-order valence-electron chi connectivity index (χ3n) is 6.03. The van der Waals surface area contributed by atoms with Gasteiger partial charge < -0.3 is 15.5 Å². The quantitative estimate of drug-likeness (QED) is 0.688. The summed E-state index contributed by atoms with van der Waals surface area (Å²) in [6.45, 7) is 6.26. The summed E-state index contributed by atoms with van der Waals surface area (Å²) in [5.41, 5.74) is 7.56. The molecule has 0 fully saturated rings. The Hall–Kier alpha value is -3.28. The number of hydrogen-bond donors (Lipinski definition) is 2. The highest BCUT2D eigenvalue weighted by Gasteiger charge is 2.59. The van der Waals surface area contributed by atoms with Gasteiger partial charge in [-0.25, -0.2) is 4.79 Å². The Bertz CT molecular complexity index is 1100. The van der Waals surface area contributed by atoms with Gasteiger partial charge in [-0.05, 0) is 23.6 Å². The molecule has 0 spiro atoms. The molecule has 6 heteroatoms. The average Bonchev–Trinajstić information content (AvgIpc) is 3.09. The number of hydrogen-bond acceptors (Lipinski definition) is 3. The topological polar surface area (TPSA) is 88.4 Å². The molecule has 2 heterocycles. The van der Waals surface area contributed by atoms with Crippen LogP contribution in [-0.4, -0.2) is 28.4 Å². The first-order chi connectivity index (χ1) is 14.3. The maximum absolute atomic E-state index is 13.2. The molecule has 4 rings (SSSR count). The van der Waals surface area contributed by atoms with E-state index < -0.39 is 23.0 Å². The lowest BCUT2D eigenvalue weighted by atomic mass is 9.67. The number of carbonyl (C=O) groups excluding carboxylic acids is 2. The fourth-order valence-electron chi connectivity index (χ4n) is 4.73. The number of H-pyrrole nitrogens is 1. The Morgan fingerprint density at radius 1 is 1.10 bits per heavy atom. The number of amides is 2. The van der Waals surface area contributed by atoms with E-state index in [0.29, 0.717) is 18.7 Å². The standard InChI is InChI=1S/C24H27N3O3/c1-23(2,3)24(21(25)28)20-18(17-11-7-8-12-19(17)26-20)13-14-27(24)22(29)30-15-16-9-5-4-6-10-16/h4-12,26H,13-15H2,1-3H3,(H2,25,28). The Morgan fingerprint density at radius 3 is 2.43 bits per heavy atom. The zero-order valence-corrected chi connectivity index (χ0v) is 17.6. The number of aromatic nitrogens is 1. The predicted octanol–water partition coefficient (Wildman–Crippen LogP) is 4.09. The second-order valence-electron chi connectivity index (χ2n) is 8.79. The van der Waals surface area contributed by atoms with E-state index >= 15 is 0 Å². The number of nitrogens with two attached hydrogens (primary N) is 1. The predicted molar refractivity (Wildman–Crippen MR) is 116 cm³/mol. The fourth-order valence-corrected chi connectivity index (χ4v) is 4.73. The normalized spacial score (nSPS) is 18.8. The SMILES string of the molecule is CC(C)(C)C1(C(N)=O)c2[nH]c3ccccc3c2CCN1C(=O)OCc1ccccc1. The van der Waals surface area contributed by atoms with Crippen molar-refractivity contribution < 1.29 is 14.3 Å². The van der Waals surface area contributed by atoms with Crippen LogP contribution < -0.4 is 5.73 Å². The lowest BCUT2D eigenvalue weighted by Crippen LogP contribution is -2.66. The number of benzene rings is 2. The summed E-state index contributed by atoms with van der Waals surface area (Å²) >= 11 is 0. The van der Waals surface area contributed by atoms with Crippen LogP contribution in [-0.2, 0) is 28.1 Å². The van der Waals surface area contributed by atoms with E-state index in [1.165, 1.54) is 4.90 Å². The second-order valence-corrected chi connectivity index (χ2v) is 8.79. The van der Waals surface area contributed by atoms with Gasteiger partial charge in [0, 0.05) is 22.9 Å². The van der Waals surface area contributed by atoms with Crippen molar-refractivity contribution in [2.75, 3.05) is 6.54 Å². The summed E-state index contributed by atoms with van der Waals surface area (Å²) < 4.78 is 5.62. The fraction of sp³-hybridized carbons (Fsp3) is 0.333. The van der Waals surface area contributed by atoms with Crippen LogP contribution in [0.3, 0.4) is 0 Å². The molecule has 0 radical (unpaired) electrons. The molecule has 156 valence electrons. The first-order valence-electron chi connectivity index (χ1n) is 10.1. The number of carbonyl (C=O) groups is 2. The summed E-state index contributed by atoms with van der Waals surface area (Å²) in [5.74, 6) is -0.570. The van der Waals surface area contributed by atoms with E-state index in [-0.39, 0.29) is 6.61 Å². The number of fused-ring (bicyclic) bond motifs is 3. The highest BCUT2D eigenvalue weighted by molar-refractivity contribution is 5.95. The van der Waals surface area contributed by atoms with Crippen LogP contribution in [0.2, 0.25) is 0 Å². The van der Waals surface area contributed by atoms with Gasteiger partial charge >= 0.3 is 6.09 Å². The van der Waals surface area contributed by atoms with Crippen molar-refractivity contribution in [2.45, 2.75) is 39.3 Å². The van der Waals surface area contributed by atoms with Gasteiger partial charge in [0.05, 0.1) is 5.69 Å². The van der Waals surface area contributed by atoms with Crippen molar-refractivity contribution in [1.29, 1.82) is 0 Å². The van der Waals surface area contributed by atoms with Crippen LogP contribution in [0.15, 0.2) is 54.6 Å². The minimum absolute atomic E-state index is 0.134. The molecule has 1 aliphatic heterocycles. The third kappa shape index (κ3) is 2.95. The molecule has 2 amide bonds. The van der Waals surface area contributed by atoms with E-state index in [2.05, 4.69) is 4.98 Å². The Kier molecular flexibility index (Phi) is 4.80. The van der Waals surface area contributed by atoms with Crippen molar-refractivity contribution in [1.82, 2.24) is 9.88 Å². The molecule has 0 saturated carbocycles. The Morgan fingerprint density at radius 2 is 1.77 bits per heavy atom. The molecule has 0 saturated heterocycles. The van der Waals surface area contributed by atoms with E-state index in [1.807, 2.05) is 75.4 Å². The van der Waals surface area contributed by atoms with Crippen LogP contribution in [0, 0.1) is 5.41 Å². The maximum atomic E-state index is 13.2. The first-order valence-corrected chi connectivity index (χ1v) is 10.1. The van der Waals surface area contributed by atoms with Crippen molar-refractivity contribution in [3.05, 3.63) is 71.4 Å². The van der Waals surface area contributed by atoms with Crippen LogP contribution >= 0.6 is 0 Å². The maximum Gasteiger partial charge on any atom is 0.411 e. The number of nitrogens with one attached hydrogen (secondary N) is 1. The lowest BCUT2D eigenvalue weighted by Gasteiger charge is -2.51. The van der Waals surface area contributed by atoms with Gasteiger partial charge in [-0.15, -0.1) is 0 Å². The number of nitrogens with zero attached hydrogens (tertiary/aromatic N) is 1. The molecule has 3 N–H and O–H groups in total. The number of ether oxygens (including phenoxy) is 1. The largest absolute Gasteiger partial charge is 0.445 e. The summed E-state index contributed by atoms with van der Waals surface area (Å²) in [7, 11) is 0. The van der Waals surface area contributed by atoms with Gasteiger partial charge in [-0.3, -0.25) is 9.69 Å². The van der Waals surface area contributed by atoms with Crippen molar-refractivity contribution >= 4 is 22.9 Å². The highest BCUT2D eigenvalue weighted by atomic mass is 16.6. The van der Waals surface area contributed by atoms with E-state index in [4.69, 9.17) is 10.5 Å². The number of para-hydroxylation sites is 1. The Balaban J connectivity index is 1.80. The van der Waals surface area contributed by atoms with Gasteiger partial charge in [-0.2, -0.15) is 0 Å². The monoisotopic (exact) mass is 405 g/mol. The molecular formula is C24H27N3O3. The molecule has 1 aromatic heterocycles. The molecule has 0 bridgehead atoms. The van der Waals surface area contributed by atoms with Crippen molar-refractivity contribution in [3.8, 4) is 0 Å². The number of primary amides is 1. The first kappa shape index (κ1) is 20.0. The van der Waals surface area contributed by atoms with Gasteiger partial charge in [0.2, 0.25) is 5.91 Å². The summed E-state index contributed by atoms with van der Waals surface area (Å²) in [6, 6.07) is 17.4. The lowest BCUT2D eigenvalue weighted by molar-refractivity contribution is -0.139. The number of aromatic amines is 1. The zero-order valence-electron chi connectivity index (χ0n) is 17.6. The van der Waals surface area contributed by atoms with Gasteiger partial charge in [-0.1, -0.05) is 69.3 Å². The van der Waals surface area contributed by atoms with Crippen LogP contribution in [0.25, 0.3) is 10.9 Å². The van der Waals surface area contributed by atoms with Crippen LogP contribution in [0.1, 0.15) is 37.6 Å². The molecule has 30 heavy (non-hydrogen) atoms. The minimum Gasteiger partial charge on any atom is -0.445 e. The molecule has 1 unspecified atom stereocenters.